The van der Waals surface area contributed by atoms with Crippen LogP contribution >= 0.6 is 0 Å². The van der Waals surface area contributed by atoms with E-state index in [1.54, 1.807) is 4.90 Å². The van der Waals surface area contributed by atoms with Gasteiger partial charge in [0.25, 0.3) is 0 Å². The first-order valence-electron chi connectivity index (χ1n) is 6.67. The molecular weight excluding hydrogens is 260 g/mol. The molecule has 0 radical (unpaired) electrons. The molecule has 6 nitrogen and oxygen atoms in total. The highest BCUT2D eigenvalue weighted by Gasteiger charge is 2.28. The maximum absolute atomic E-state index is 12.2. The summed E-state index contributed by atoms with van der Waals surface area (Å²) < 4.78 is 0. The molecule has 2 rings (SSSR count). The van der Waals surface area contributed by atoms with E-state index in [0.29, 0.717) is 6.54 Å². The minimum atomic E-state index is -1.23. The van der Waals surface area contributed by atoms with Gasteiger partial charge in [-0.25, -0.2) is 9.59 Å². The number of urea groups is 1. The van der Waals surface area contributed by atoms with Crippen LogP contribution in [-0.2, 0) is 0 Å². The van der Waals surface area contributed by atoms with Gasteiger partial charge in [-0.1, -0.05) is 13.0 Å². The van der Waals surface area contributed by atoms with Crippen LogP contribution in [0.1, 0.15) is 36.5 Å². The van der Waals surface area contributed by atoms with Gasteiger partial charge in [0.05, 0.1) is 5.69 Å². The summed E-state index contributed by atoms with van der Waals surface area (Å²) in [5.74, 6) is -1.65. The van der Waals surface area contributed by atoms with Gasteiger partial charge < -0.3 is 20.4 Å². The van der Waals surface area contributed by atoms with E-state index in [4.69, 9.17) is 5.11 Å². The number of carbonyl (C=O) groups excluding carboxylic acids is 1. The topological polar surface area (TPSA) is 89.9 Å². The Labute approximate surface area is 117 Å². The number of aromatic carboxylic acids is 1. The van der Waals surface area contributed by atoms with Crippen molar-refractivity contribution in [1.82, 2.24) is 4.90 Å². The monoisotopic (exact) mass is 278 g/mol. The average Bonchev–Trinajstić information content (AvgIpc) is 2.89. The number of carbonyl (C=O) groups is 2. The Kier molecular flexibility index (Phi) is 4.12. The van der Waals surface area contributed by atoms with Gasteiger partial charge in [-0.2, -0.15) is 0 Å². The van der Waals surface area contributed by atoms with E-state index >= 15 is 0 Å². The molecule has 1 fully saturated rings. The van der Waals surface area contributed by atoms with Crippen molar-refractivity contribution in [2.24, 2.45) is 0 Å². The molecule has 6 heteroatoms. The molecule has 1 aromatic carbocycles. The second-order valence-corrected chi connectivity index (χ2v) is 4.83. The molecule has 1 aromatic rings. The highest BCUT2D eigenvalue weighted by molar-refractivity contribution is 5.97. The van der Waals surface area contributed by atoms with E-state index in [0.717, 1.165) is 19.3 Å². The number of para-hydroxylation sites is 1. The van der Waals surface area contributed by atoms with E-state index in [-0.39, 0.29) is 23.3 Å². The second-order valence-electron chi connectivity index (χ2n) is 4.83. The number of benzene rings is 1. The van der Waals surface area contributed by atoms with Crippen LogP contribution in [-0.4, -0.2) is 39.7 Å². The molecule has 0 aromatic heterocycles. The van der Waals surface area contributed by atoms with E-state index in [1.165, 1.54) is 18.2 Å². The first kappa shape index (κ1) is 14.2. The van der Waals surface area contributed by atoms with Crippen molar-refractivity contribution in [1.29, 1.82) is 0 Å². The molecule has 1 atom stereocenters. The van der Waals surface area contributed by atoms with Crippen LogP contribution in [0.15, 0.2) is 18.2 Å². The quantitative estimate of drug-likeness (QED) is 0.741. The summed E-state index contributed by atoms with van der Waals surface area (Å²) in [6.45, 7) is 2.71. The fourth-order valence-electron chi connectivity index (χ4n) is 2.53. The van der Waals surface area contributed by atoms with Crippen LogP contribution in [0.2, 0.25) is 0 Å². The van der Waals surface area contributed by atoms with Crippen molar-refractivity contribution in [2.45, 2.75) is 32.2 Å². The van der Waals surface area contributed by atoms with E-state index in [9.17, 15) is 14.7 Å². The molecule has 0 spiro atoms. The molecule has 1 unspecified atom stereocenters. The van der Waals surface area contributed by atoms with Gasteiger partial charge in [0.1, 0.15) is 5.56 Å². The average molecular weight is 278 g/mol. The Morgan fingerprint density at radius 1 is 1.45 bits per heavy atom. The van der Waals surface area contributed by atoms with Crippen LogP contribution in [0, 0.1) is 0 Å². The molecule has 2 amide bonds. The molecule has 1 heterocycles. The van der Waals surface area contributed by atoms with Crippen LogP contribution < -0.4 is 5.32 Å². The van der Waals surface area contributed by atoms with Crippen molar-refractivity contribution >= 4 is 17.7 Å². The van der Waals surface area contributed by atoms with Crippen molar-refractivity contribution in [3.8, 4) is 5.75 Å². The summed E-state index contributed by atoms with van der Waals surface area (Å²) in [4.78, 5) is 24.8. The number of hydrogen-bond acceptors (Lipinski definition) is 3. The number of rotatable bonds is 3. The number of anilines is 1. The summed E-state index contributed by atoms with van der Waals surface area (Å²) >= 11 is 0. The van der Waals surface area contributed by atoms with Crippen LogP contribution in [0.4, 0.5) is 10.5 Å². The molecule has 0 aliphatic carbocycles. The Balaban J connectivity index is 2.16. The molecule has 1 saturated heterocycles. The smallest absolute Gasteiger partial charge is 0.339 e. The SMILES string of the molecule is CCC1CCCN1C(=O)Nc1cccc(C(=O)O)c1O. The third kappa shape index (κ3) is 2.68. The minimum Gasteiger partial charge on any atom is -0.505 e. The zero-order valence-electron chi connectivity index (χ0n) is 11.3. The highest BCUT2D eigenvalue weighted by Crippen LogP contribution is 2.28. The Bertz CT molecular complexity index is 530. The first-order valence-corrected chi connectivity index (χ1v) is 6.67. The van der Waals surface area contributed by atoms with E-state index in [2.05, 4.69) is 5.32 Å². The predicted molar refractivity (Wildman–Crippen MR) is 74.1 cm³/mol. The number of carboxylic acids is 1. The van der Waals surface area contributed by atoms with Crippen molar-refractivity contribution in [2.75, 3.05) is 11.9 Å². The maximum Gasteiger partial charge on any atom is 0.339 e. The third-order valence-electron chi connectivity index (χ3n) is 3.62. The Morgan fingerprint density at radius 3 is 2.85 bits per heavy atom. The Hall–Kier alpha value is -2.24. The number of carboxylic acid groups (broad SMARTS) is 1. The molecule has 1 aliphatic rings. The lowest BCUT2D eigenvalue weighted by Gasteiger charge is -2.24. The van der Waals surface area contributed by atoms with Crippen molar-refractivity contribution in [3.63, 3.8) is 0 Å². The lowest BCUT2D eigenvalue weighted by atomic mass is 10.1. The van der Waals surface area contributed by atoms with Gasteiger partial charge in [-0.05, 0) is 31.4 Å². The minimum absolute atomic E-state index is 0.122. The summed E-state index contributed by atoms with van der Waals surface area (Å²) in [5, 5.41) is 21.4. The second kappa shape index (κ2) is 5.81. The maximum atomic E-state index is 12.2. The predicted octanol–water partition coefficient (Wildman–Crippen LogP) is 2.50. The van der Waals surface area contributed by atoms with Gasteiger partial charge in [0.2, 0.25) is 0 Å². The van der Waals surface area contributed by atoms with Gasteiger partial charge in [-0.3, -0.25) is 0 Å². The van der Waals surface area contributed by atoms with Crippen LogP contribution in [0.3, 0.4) is 0 Å². The standard InChI is InChI=1S/C14H18N2O4/c1-2-9-5-4-8-16(9)14(20)15-11-7-3-6-10(12(11)17)13(18)19/h3,6-7,9,17H,2,4-5,8H2,1H3,(H,15,20)(H,18,19). The fourth-order valence-corrected chi connectivity index (χ4v) is 2.53. The number of nitrogens with zero attached hydrogens (tertiary/aromatic N) is 1. The Morgan fingerprint density at radius 2 is 2.20 bits per heavy atom. The zero-order valence-corrected chi connectivity index (χ0v) is 11.3. The number of hydrogen-bond donors (Lipinski definition) is 3. The molecule has 0 saturated carbocycles. The van der Waals surface area contributed by atoms with Gasteiger partial charge in [0.15, 0.2) is 5.75 Å². The van der Waals surface area contributed by atoms with Gasteiger partial charge in [0, 0.05) is 12.6 Å². The molecular formula is C14H18N2O4. The fraction of sp³-hybridized carbons (Fsp3) is 0.429. The van der Waals surface area contributed by atoms with Gasteiger partial charge in [-0.15, -0.1) is 0 Å². The highest BCUT2D eigenvalue weighted by atomic mass is 16.4. The normalized spacial score (nSPS) is 18.1. The number of amides is 2. The lowest BCUT2D eigenvalue weighted by Crippen LogP contribution is -2.38. The van der Waals surface area contributed by atoms with Crippen LogP contribution in [0.5, 0.6) is 5.75 Å². The number of nitrogens with one attached hydrogen (secondary N) is 1. The number of aromatic hydroxyl groups is 1. The van der Waals surface area contributed by atoms with Crippen molar-refractivity contribution in [3.05, 3.63) is 23.8 Å². The van der Waals surface area contributed by atoms with Crippen molar-refractivity contribution < 1.29 is 19.8 Å². The van der Waals surface area contributed by atoms with Crippen LogP contribution in [0.25, 0.3) is 0 Å². The summed E-state index contributed by atoms with van der Waals surface area (Å²) in [7, 11) is 0. The lowest BCUT2D eigenvalue weighted by molar-refractivity contribution is 0.0693. The number of likely N-dealkylation sites (tertiary alicyclic amines) is 1. The largest absolute Gasteiger partial charge is 0.505 e. The van der Waals surface area contributed by atoms with Gasteiger partial charge >= 0.3 is 12.0 Å². The molecule has 108 valence electrons. The molecule has 0 bridgehead atoms. The van der Waals surface area contributed by atoms with E-state index in [1.807, 2.05) is 6.92 Å². The number of phenols is 1. The molecule has 3 N–H and O–H groups in total. The molecule has 20 heavy (non-hydrogen) atoms. The summed E-state index contributed by atoms with van der Waals surface area (Å²) in [6, 6.07) is 4.17. The molecule has 1 aliphatic heterocycles. The third-order valence-corrected chi connectivity index (χ3v) is 3.62. The first-order chi connectivity index (χ1) is 9.54. The zero-order chi connectivity index (χ0) is 14.7. The van der Waals surface area contributed by atoms with E-state index < -0.39 is 11.7 Å². The summed E-state index contributed by atoms with van der Waals surface area (Å²) in [5.41, 5.74) is -0.104. The summed E-state index contributed by atoms with van der Waals surface area (Å²) in [6.07, 6.45) is 2.83.